The summed E-state index contributed by atoms with van der Waals surface area (Å²) in [6.45, 7) is 4.84. The number of carboxylic acid groups (broad SMARTS) is 1. The van der Waals surface area contributed by atoms with Crippen LogP contribution in [-0.2, 0) is 4.79 Å². The van der Waals surface area contributed by atoms with Gasteiger partial charge in [-0.05, 0) is 38.0 Å². The fraction of sp³-hybridized carbons (Fsp3) is 0.385. The van der Waals surface area contributed by atoms with Crippen molar-refractivity contribution in [3.63, 3.8) is 0 Å². The molecule has 1 rings (SSSR count). The molecule has 5 heteroatoms. The summed E-state index contributed by atoms with van der Waals surface area (Å²) in [6.07, 6.45) is 0.270. The van der Waals surface area contributed by atoms with Crippen molar-refractivity contribution in [1.82, 2.24) is 5.32 Å². The van der Waals surface area contributed by atoms with E-state index in [4.69, 9.17) is 5.11 Å². The molecule has 0 spiro atoms. The predicted molar refractivity (Wildman–Crippen MR) is 66.6 cm³/mol. The molecular weight excluding hydrogens is 234 g/mol. The molecule has 0 aliphatic heterocycles. The molecule has 98 valence electrons. The minimum Gasteiger partial charge on any atom is -0.508 e. The smallest absolute Gasteiger partial charge is 0.329 e. The third-order valence-corrected chi connectivity index (χ3v) is 3.04. The maximum absolute atomic E-state index is 11.9. The standard InChI is InChI=1S/C13H17NO4/c1-4-13(3,12(17)18)14-11(16)9-6-5-8(2)10(15)7-9/h5-7,15H,4H2,1-3H3,(H,14,16)(H,17,18). The minimum atomic E-state index is -1.31. The van der Waals surface area contributed by atoms with E-state index in [0.29, 0.717) is 5.56 Å². The SMILES string of the molecule is CCC(C)(NC(=O)c1ccc(C)c(O)c1)C(=O)O. The number of hydrogen-bond donors (Lipinski definition) is 3. The molecule has 0 bridgehead atoms. The Labute approximate surface area is 105 Å². The Morgan fingerprint density at radius 1 is 1.39 bits per heavy atom. The zero-order chi connectivity index (χ0) is 13.9. The van der Waals surface area contributed by atoms with Crippen molar-refractivity contribution in [3.05, 3.63) is 29.3 Å². The molecule has 1 aromatic rings. The summed E-state index contributed by atoms with van der Waals surface area (Å²) in [4.78, 5) is 23.0. The van der Waals surface area contributed by atoms with E-state index in [1.807, 2.05) is 0 Å². The summed E-state index contributed by atoms with van der Waals surface area (Å²) in [7, 11) is 0. The van der Waals surface area contributed by atoms with Crippen LogP contribution in [0.1, 0.15) is 36.2 Å². The molecule has 0 aliphatic rings. The molecule has 0 aliphatic carbocycles. The van der Waals surface area contributed by atoms with Crippen LogP contribution in [0.15, 0.2) is 18.2 Å². The number of hydrogen-bond acceptors (Lipinski definition) is 3. The highest BCUT2D eigenvalue weighted by Gasteiger charge is 2.33. The second-order valence-electron chi connectivity index (χ2n) is 4.45. The Morgan fingerprint density at radius 3 is 2.44 bits per heavy atom. The number of carbonyl (C=O) groups excluding carboxylic acids is 1. The maximum atomic E-state index is 11.9. The van der Waals surface area contributed by atoms with E-state index >= 15 is 0 Å². The predicted octanol–water partition coefficient (Wildman–Crippen LogP) is 1.68. The van der Waals surface area contributed by atoms with Crippen LogP contribution in [0.4, 0.5) is 0 Å². The van der Waals surface area contributed by atoms with Gasteiger partial charge < -0.3 is 15.5 Å². The fourth-order valence-electron chi connectivity index (χ4n) is 1.37. The first-order chi connectivity index (χ1) is 8.30. The lowest BCUT2D eigenvalue weighted by Crippen LogP contribution is -2.51. The molecular formula is C13H17NO4. The number of rotatable bonds is 4. The van der Waals surface area contributed by atoms with Crippen molar-refractivity contribution < 1.29 is 19.8 Å². The van der Waals surface area contributed by atoms with E-state index in [2.05, 4.69) is 5.32 Å². The average molecular weight is 251 g/mol. The average Bonchev–Trinajstić information content (AvgIpc) is 2.32. The first-order valence-electron chi connectivity index (χ1n) is 5.65. The molecule has 18 heavy (non-hydrogen) atoms. The largest absolute Gasteiger partial charge is 0.508 e. The van der Waals surface area contributed by atoms with E-state index in [1.165, 1.54) is 13.0 Å². The van der Waals surface area contributed by atoms with Gasteiger partial charge in [-0.25, -0.2) is 4.79 Å². The third kappa shape index (κ3) is 2.80. The fourth-order valence-corrected chi connectivity index (χ4v) is 1.37. The number of aliphatic carboxylic acids is 1. The third-order valence-electron chi connectivity index (χ3n) is 3.04. The van der Waals surface area contributed by atoms with Gasteiger partial charge in [-0.15, -0.1) is 0 Å². The lowest BCUT2D eigenvalue weighted by molar-refractivity contribution is -0.143. The van der Waals surface area contributed by atoms with Crippen LogP contribution >= 0.6 is 0 Å². The number of benzene rings is 1. The Hall–Kier alpha value is -2.04. The number of amides is 1. The number of aryl methyl sites for hydroxylation is 1. The zero-order valence-corrected chi connectivity index (χ0v) is 10.7. The van der Waals surface area contributed by atoms with Crippen LogP contribution in [0.3, 0.4) is 0 Å². The van der Waals surface area contributed by atoms with E-state index < -0.39 is 17.4 Å². The van der Waals surface area contributed by atoms with E-state index in [9.17, 15) is 14.7 Å². The van der Waals surface area contributed by atoms with Crippen LogP contribution in [0.25, 0.3) is 0 Å². The van der Waals surface area contributed by atoms with Crippen LogP contribution in [0.5, 0.6) is 5.75 Å². The summed E-state index contributed by atoms with van der Waals surface area (Å²) < 4.78 is 0. The molecule has 1 unspecified atom stereocenters. The molecule has 5 nitrogen and oxygen atoms in total. The van der Waals surface area contributed by atoms with Crippen molar-refractivity contribution >= 4 is 11.9 Å². The molecule has 0 radical (unpaired) electrons. The zero-order valence-electron chi connectivity index (χ0n) is 10.7. The highest BCUT2D eigenvalue weighted by Crippen LogP contribution is 2.18. The molecule has 3 N–H and O–H groups in total. The molecule has 0 saturated heterocycles. The first-order valence-corrected chi connectivity index (χ1v) is 5.65. The summed E-state index contributed by atoms with van der Waals surface area (Å²) in [6, 6.07) is 4.47. The maximum Gasteiger partial charge on any atom is 0.329 e. The molecule has 1 aromatic carbocycles. The highest BCUT2D eigenvalue weighted by atomic mass is 16.4. The molecule has 0 saturated carbocycles. The van der Waals surface area contributed by atoms with Gasteiger partial charge in [-0.2, -0.15) is 0 Å². The van der Waals surface area contributed by atoms with Crippen molar-refractivity contribution in [1.29, 1.82) is 0 Å². The Balaban J connectivity index is 2.95. The van der Waals surface area contributed by atoms with Crippen LogP contribution in [-0.4, -0.2) is 27.6 Å². The Kier molecular flexibility index (Phi) is 3.96. The summed E-state index contributed by atoms with van der Waals surface area (Å²) in [5, 5.41) is 21.0. The van der Waals surface area contributed by atoms with Crippen LogP contribution in [0, 0.1) is 6.92 Å². The molecule has 1 amide bonds. The number of phenolic OH excluding ortho intramolecular Hbond substituents is 1. The number of carbonyl (C=O) groups is 2. The van der Waals surface area contributed by atoms with Gasteiger partial charge in [0.25, 0.3) is 5.91 Å². The number of aromatic hydroxyl groups is 1. The quantitative estimate of drug-likeness (QED) is 0.760. The van der Waals surface area contributed by atoms with Crippen LogP contribution in [0.2, 0.25) is 0 Å². The Morgan fingerprint density at radius 2 is 2.00 bits per heavy atom. The minimum absolute atomic E-state index is 0.0103. The van der Waals surface area contributed by atoms with E-state index in [0.717, 1.165) is 0 Å². The molecule has 0 aromatic heterocycles. The number of nitrogens with one attached hydrogen (secondary N) is 1. The topological polar surface area (TPSA) is 86.6 Å². The number of carboxylic acids is 1. The van der Waals surface area contributed by atoms with Gasteiger partial charge in [0.05, 0.1) is 0 Å². The molecule has 0 heterocycles. The number of phenols is 1. The molecule has 0 fully saturated rings. The van der Waals surface area contributed by atoms with Gasteiger partial charge in [-0.1, -0.05) is 13.0 Å². The summed E-state index contributed by atoms with van der Waals surface area (Å²) >= 11 is 0. The van der Waals surface area contributed by atoms with Crippen molar-refractivity contribution in [2.45, 2.75) is 32.7 Å². The normalized spacial score (nSPS) is 13.7. The van der Waals surface area contributed by atoms with Gasteiger partial charge in [0.1, 0.15) is 11.3 Å². The van der Waals surface area contributed by atoms with Crippen molar-refractivity contribution in [2.75, 3.05) is 0 Å². The van der Waals surface area contributed by atoms with Gasteiger partial charge >= 0.3 is 5.97 Å². The summed E-state index contributed by atoms with van der Waals surface area (Å²) in [5.74, 6) is -1.59. The lowest BCUT2D eigenvalue weighted by atomic mass is 9.98. The Bertz CT molecular complexity index is 484. The summed E-state index contributed by atoms with van der Waals surface area (Å²) in [5.41, 5.74) is -0.417. The van der Waals surface area contributed by atoms with E-state index in [-0.39, 0.29) is 17.7 Å². The van der Waals surface area contributed by atoms with Gasteiger partial charge in [0.2, 0.25) is 0 Å². The monoisotopic (exact) mass is 251 g/mol. The van der Waals surface area contributed by atoms with Gasteiger partial charge in [0, 0.05) is 5.56 Å². The van der Waals surface area contributed by atoms with E-state index in [1.54, 1.807) is 26.0 Å². The second-order valence-corrected chi connectivity index (χ2v) is 4.45. The van der Waals surface area contributed by atoms with Crippen LogP contribution < -0.4 is 5.32 Å². The van der Waals surface area contributed by atoms with Crippen molar-refractivity contribution in [2.24, 2.45) is 0 Å². The second kappa shape index (κ2) is 5.08. The van der Waals surface area contributed by atoms with Gasteiger partial charge in [-0.3, -0.25) is 4.79 Å². The van der Waals surface area contributed by atoms with Gasteiger partial charge in [0.15, 0.2) is 0 Å². The lowest BCUT2D eigenvalue weighted by Gasteiger charge is -2.24. The van der Waals surface area contributed by atoms with Crippen molar-refractivity contribution in [3.8, 4) is 5.75 Å². The first kappa shape index (κ1) is 14.0. The highest BCUT2D eigenvalue weighted by molar-refractivity contribution is 5.98. The molecule has 1 atom stereocenters.